The summed E-state index contributed by atoms with van der Waals surface area (Å²) >= 11 is 0. The lowest BCUT2D eigenvalue weighted by Gasteiger charge is -2.39. The van der Waals surface area contributed by atoms with Crippen LogP contribution in [0.25, 0.3) is 0 Å². The fourth-order valence-corrected chi connectivity index (χ4v) is 8.07. The number of amides is 4. The minimum atomic E-state index is -0.562. The Morgan fingerprint density at radius 1 is 1.06 bits per heavy atom. The van der Waals surface area contributed by atoms with E-state index >= 15 is 0 Å². The van der Waals surface area contributed by atoms with Crippen LogP contribution >= 0.6 is 0 Å². The van der Waals surface area contributed by atoms with Gasteiger partial charge in [-0.2, -0.15) is 0 Å². The Hall–Kier alpha value is -3.16. The third-order valence-electron chi connectivity index (χ3n) is 10.9. The lowest BCUT2D eigenvalue weighted by Crippen LogP contribution is -2.55. The number of methoxy groups -OCH3 is 2. The van der Waals surface area contributed by atoms with Gasteiger partial charge in [0.05, 0.1) is 55.8 Å². The number of hydrogen-bond donors (Lipinski definition) is 2. The van der Waals surface area contributed by atoms with Crippen molar-refractivity contribution in [3.63, 3.8) is 0 Å². The normalized spacial score (nSPS) is 25.6. The highest BCUT2D eigenvalue weighted by atomic mass is 16.5. The van der Waals surface area contributed by atoms with Crippen LogP contribution in [0.15, 0.2) is 18.5 Å². The standard InChI is InChI=1S/C34H55N7O6/c1-8-21(2)30(40(5)29(43)20-38-34(45)31-23-12-13-24(17-23)39(31)4)26(46-6)18-28(42)41-16-9-11-25(41)32(47-7)22(3)33(44)37-19-27-35-14-10-15-36-27/h10,14-15,21-26,30-32H,8-9,11-13,16-20H2,1-7H3,(H,37,44)(H,38,45). The molecule has 3 fully saturated rings. The lowest BCUT2D eigenvalue weighted by molar-refractivity contribution is -0.146. The zero-order valence-electron chi connectivity index (χ0n) is 29.2. The Morgan fingerprint density at radius 3 is 2.40 bits per heavy atom. The van der Waals surface area contributed by atoms with Crippen LogP contribution in [0, 0.1) is 17.8 Å². The van der Waals surface area contributed by atoms with E-state index in [1.54, 1.807) is 44.6 Å². The molecule has 9 atom stereocenters. The van der Waals surface area contributed by atoms with Crippen molar-refractivity contribution in [3.8, 4) is 0 Å². The molecular formula is C34H55N7O6. The van der Waals surface area contributed by atoms with Crippen LogP contribution in [0.5, 0.6) is 0 Å². The van der Waals surface area contributed by atoms with Gasteiger partial charge in [-0.1, -0.05) is 27.2 Å². The Morgan fingerprint density at radius 2 is 1.79 bits per heavy atom. The van der Waals surface area contributed by atoms with Gasteiger partial charge in [-0.3, -0.25) is 24.1 Å². The maximum atomic E-state index is 13.9. The van der Waals surface area contributed by atoms with Gasteiger partial charge in [-0.05, 0) is 57.1 Å². The van der Waals surface area contributed by atoms with E-state index in [1.165, 1.54) is 0 Å². The zero-order chi connectivity index (χ0) is 34.2. The van der Waals surface area contributed by atoms with E-state index in [0.29, 0.717) is 30.7 Å². The third-order valence-corrected chi connectivity index (χ3v) is 10.9. The average molecular weight is 658 g/mol. The number of fused-ring (bicyclic) bond motifs is 2. The predicted molar refractivity (Wildman–Crippen MR) is 176 cm³/mol. The maximum absolute atomic E-state index is 13.9. The van der Waals surface area contributed by atoms with Gasteiger partial charge in [0.15, 0.2) is 0 Å². The van der Waals surface area contributed by atoms with Crippen LogP contribution in [0.3, 0.4) is 0 Å². The third kappa shape index (κ3) is 8.47. The first-order valence-corrected chi connectivity index (χ1v) is 17.2. The van der Waals surface area contributed by atoms with Crippen LogP contribution in [0.4, 0.5) is 0 Å². The monoisotopic (exact) mass is 657 g/mol. The second-order valence-corrected chi connectivity index (χ2v) is 13.6. The summed E-state index contributed by atoms with van der Waals surface area (Å²) in [6, 6.07) is 1.33. The van der Waals surface area contributed by atoms with Crippen LogP contribution in [0.2, 0.25) is 0 Å². The molecule has 9 unspecified atom stereocenters. The van der Waals surface area contributed by atoms with E-state index in [4.69, 9.17) is 9.47 Å². The van der Waals surface area contributed by atoms with Gasteiger partial charge in [0.25, 0.3) is 0 Å². The number of carbonyl (C=O) groups is 4. The van der Waals surface area contributed by atoms with Gasteiger partial charge >= 0.3 is 0 Å². The molecule has 1 aromatic heterocycles. The molecular weight excluding hydrogens is 602 g/mol. The number of aromatic nitrogens is 2. The summed E-state index contributed by atoms with van der Waals surface area (Å²) in [4.78, 5) is 67.5. The van der Waals surface area contributed by atoms with E-state index in [0.717, 1.165) is 32.1 Å². The second kappa shape index (κ2) is 16.8. The average Bonchev–Trinajstić information content (AvgIpc) is 3.83. The predicted octanol–water partition coefficient (Wildman–Crippen LogP) is 1.61. The van der Waals surface area contributed by atoms with Crippen molar-refractivity contribution >= 4 is 23.6 Å². The molecule has 13 heteroatoms. The van der Waals surface area contributed by atoms with Gasteiger partial charge in [-0.15, -0.1) is 0 Å². The fourth-order valence-electron chi connectivity index (χ4n) is 8.07. The van der Waals surface area contributed by atoms with Crippen molar-refractivity contribution in [2.45, 2.75) is 109 Å². The highest BCUT2D eigenvalue weighted by Crippen LogP contribution is 2.41. The number of likely N-dealkylation sites (tertiary alicyclic amines) is 2. The molecule has 1 saturated carbocycles. The number of likely N-dealkylation sites (N-methyl/N-ethyl adjacent to an activating group) is 2. The summed E-state index contributed by atoms with van der Waals surface area (Å²) in [5.74, 6) is -0.239. The topological polar surface area (TPSA) is 146 Å². The maximum Gasteiger partial charge on any atom is 0.242 e. The van der Waals surface area contributed by atoms with E-state index in [-0.39, 0.29) is 67.2 Å². The van der Waals surface area contributed by atoms with Gasteiger partial charge in [0.2, 0.25) is 23.6 Å². The van der Waals surface area contributed by atoms with E-state index in [9.17, 15) is 19.2 Å². The SMILES string of the molecule is CCC(C)C(C(CC(=O)N1CCCC1C(OC)C(C)C(=O)NCc1ncccn1)OC)N(C)C(=O)CNC(=O)C1C2CCC(C2)N1C. The van der Waals surface area contributed by atoms with Crippen LogP contribution in [-0.2, 0) is 35.2 Å². The molecule has 1 aromatic rings. The molecule has 47 heavy (non-hydrogen) atoms. The van der Waals surface area contributed by atoms with Crippen LogP contribution in [0.1, 0.15) is 71.5 Å². The molecule has 4 amide bonds. The molecule has 2 saturated heterocycles. The summed E-state index contributed by atoms with van der Waals surface area (Å²) in [6.45, 7) is 6.56. The van der Waals surface area contributed by atoms with Gasteiger partial charge in [0.1, 0.15) is 5.82 Å². The molecule has 262 valence electrons. The minimum Gasteiger partial charge on any atom is -0.379 e. The molecule has 0 spiro atoms. The van der Waals surface area contributed by atoms with E-state index < -0.39 is 18.1 Å². The Bertz CT molecular complexity index is 1220. The number of nitrogens with zero attached hydrogens (tertiary/aromatic N) is 5. The number of carbonyl (C=O) groups excluding carboxylic acids is 4. The number of rotatable bonds is 16. The Kier molecular flexibility index (Phi) is 13.1. The highest BCUT2D eigenvalue weighted by Gasteiger charge is 2.47. The molecule has 2 N–H and O–H groups in total. The Labute approximate surface area is 279 Å². The molecule has 1 aliphatic carbocycles. The molecule has 0 radical (unpaired) electrons. The van der Waals surface area contributed by atoms with Crippen LogP contribution in [-0.4, -0.2) is 126 Å². The molecule has 4 rings (SSSR count). The van der Waals surface area contributed by atoms with Crippen molar-refractivity contribution in [1.29, 1.82) is 0 Å². The summed E-state index contributed by atoms with van der Waals surface area (Å²) < 4.78 is 11.8. The lowest BCUT2D eigenvalue weighted by atomic mass is 9.90. The van der Waals surface area contributed by atoms with Crippen molar-refractivity contribution in [2.24, 2.45) is 17.8 Å². The first-order valence-electron chi connectivity index (χ1n) is 17.2. The smallest absolute Gasteiger partial charge is 0.242 e. The molecule has 3 heterocycles. The van der Waals surface area contributed by atoms with Gasteiger partial charge < -0.3 is 29.9 Å². The summed E-state index contributed by atoms with van der Waals surface area (Å²) in [5, 5.41) is 5.78. The van der Waals surface area contributed by atoms with Gasteiger partial charge in [-0.25, -0.2) is 9.97 Å². The van der Waals surface area contributed by atoms with Crippen molar-refractivity contribution in [2.75, 3.05) is 41.4 Å². The number of ether oxygens (including phenoxy) is 2. The number of piperidine rings is 1. The van der Waals surface area contributed by atoms with Crippen molar-refractivity contribution in [3.05, 3.63) is 24.3 Å². The van der Waals surface area contributed by atoms with Gasteiger partial charge in [0, 0.05) is 46.2 Å². The van der Waals surface area contributed by atoms with Crippen molar-refractivity contribution < 1.29 is 28.7 Å². The molecule has 13 nitrogen and oxygen atoms in total. The molecule has 2 aliphatic heterocycles. The first kappa shape index (κ1) is 36.7. The molecule has 0 aromatic carbocycles. The Balaban J connectivity index is 1.37. The second-order valence-electron chi connectivity index (χ2n) is 13.6. The van der Waals surface area contributed by atoms with Crippen molar-refractivity contribution in [1.82, 2.24) is 35.3 Å². The van der Waals surface area contributed by atoms with E-state index in [2.05, 4.69) is 25.5 Å². The summed E-state index contributed by atoms with van der Waals surface area (Å²) in [6.07, 6.45) is 7.77. The minimum absolute atomic E-state index is 0.0347. The fraction of sp³-hybridized carbons (Fsp3) is 0.765. The zero-order valence-corrected chi connectivity index (χ0v) is 29.2. The van der Waals surface area contributed by atoms with E-state index in [1.807, 2.05) is 32.7 Å². The quantitative estimate of drug-likeness (QED) is 0.271. The molecule has 2 bridgehead atoms. The molecule has 3 aliphatic rings. The largest absolute Gasteiger partial charge is 0.379 e. The highest BCUT2D eigenvalue weighted by molar-refractivity contribution is 5.88. The number of hydrogen-bond acceptors (Lipinski definition) is 9. The van der Waals surface area contributed by atoms with Crippen LogP contribution < -0.4 is 10.6 Å². The summed E-state index contributed by atoms with van der Waals surface area (Å²) in [7, 11) is 6.87. The first-order chi connectivity index (χ1) is 22.5. The summed E-state index contributed by atoms with van der Waals surface area (Å²) in [5.41, 5.74) is 0. The number of nitrogens with one attached hydrogen (secondary N) is 2.